The van der Waals surface area contributed by atoms with Gasteiger partial charge < -0.3 is 5.11 Å². The molecule has 1 aromatic carbocycles. The van der Waals surface area contributed by atoms with Crippen molar-refractivity contribution in [3.05, 3.63) is 46.3 Å². The van der Waals surface area contributed by atoms with Crippen LogP contribution in [0.4, 0.5) is 18.9 Å². The number of alkyl halides is 3. The maximum atomic E-state index is 12.5. The first kappa shape index (κ1) is 17.3. The number of thiophene rings is 1. The molecular formula is C13H10F3NO4S2. The largest absolute Gasteiger partial charge is 0.477 e. The fourth-order valence-electron chi connectivity index (χ4n) is 1.73. The molecule has 0 saturated heterocycles. The third-order valence-corrected chi connectivity index (χ3v) is 5.90. The van der Waals surface area contributed by atoms with E-state index in [1.807, 2.05) is 0 Å². The van der Waals surface area contributed by atoms with Crippen molar-refractivity contribution in [1.29, 1.82) is 0 Å². The van der Waals surface area contributed by atoms with Gasteiger partial charge in [0.2, 0.25) is 0 Å². The molecule has 0 unspecified atom stereocenters. The van der Waals surface area contributed by atoms with Gasteiger partial charge in [-0.25, -0.2) is 13.2 Å². The molecule has 0 saturated carbocycles. The van der Waals surface area contributed by atoms with Crippen LogP contribution < -0.4 is 4.72 Å². The van der Waals surface area contributed by atoms with Crippen LogP contribution >= 0.6 is 11.3 Å². The van der Waals surface area contributed by atoms with Gasteiger partial charge in [0.1, 0.15) is 9.09 Å². The number of halogens is 3. The van der Waals surface area contributed by atoms with Crippen molar-refractivity contribution >= 4 is 33.0 Å². The Hall–Kier alpha value is -2.07. The average Bonchev–Trinajstić information content (AvgIpc) is 2.81. The summed E-state index contributed by atoms with van der Waals surface area (Å²) in [6, 6.07) is 4.67. The van der Waals surface area contributed by atoms with E-state index in [0.29, 0.717) is 11.3 Å². The maximum absolute atomic E-state index is 12.5. The number of hydrogen-bond acceptors (Lipinski definition) is 4. The van der Waals surface area contributed by atoms with Gasteiger partial charge in [-0.1, -0.05) is 0 Å². The highest BCUT2D eigenvalue weighted by molar-refractivity contribution is 7.94. The first-order chi connectivity index (χ1) is 10.5. The van der Waals surface area contributed by atoms with Crippen LogP contribution in [0.3, 0.4) is 0 Å². The molecule has 1 heterocycles. The second-order valence-corrected chi connectivity index (χ2v) is 7.52. The van der Waals surface area contributed by atoms with Crippen LogP contribution in [0.15, 0.2) is 34.5 Å². The topological polar surface area (TPSA) is 83.5 Å². The summed E-state index contributed by atoms with van der Waals surface area (Å²) in [4.78, 5) is 10.8. The van der Waals surface area contributed by atoms with Gasteiger partial charge in [0, 0.05) is 5.69 Å². The minimum absolute atomic E-state index is 0.0547. The van der Waals surface area contributed by atoms with Gasteiger partial charge in [-0.05, 0) is 42.8 Å². The molecule has 1 aromatic heterocycles. The first-order valence-electron chi connectivity index (χ1n) is 6.04. The zero-order valence-corrected chi connectivity index (χ0v) is 13.1. The van der Waals surface area contributed by atoms with Gasteiger partial charge in [-0.15, -0.1) is 11.3 Å². The lowest BCUT2D eigenvalue weighted by Gasteiger charge is -2.09. The summed E-state index contributed by atoms with van der Waals surface area (Å²) in [6.07, 6.45) is -4.52. The van der Waals surface area contributed by atoms with Crippen LogP contribution in [0.25, 0.3) is 0 Å². The number of benzene rings is 1. The van der Waals surface area contributed by atoms with Crippen LogP contribution in [-0.2, 0) is 16.2 Å². The molecule has 0 fully saturated rings. The maximum Gasteiger partial charge on any atom is 0.416 e. The molecule has 2 rings (SSSR count). The Morgan fingerprint density at radius 1 is 1.22 bits per heavy atom. The molecule has 10 heteroatoms. The Labute approximate surface area is 133 Å². The van der Waals surface area contributed by atoms with E-state index in [0.717, 1.165) is 24.3 Å². The van der Waals surface area contributed by atoms with Crippen molar-refractivity contribution in [2.75, 3.05) is 4.72 Å². The summed E-state index contributed by atoms with van der Waals surface area (Å²) in [5.74, 6) is -1.25. The SMILES string of the molecule is Cc1cc(S(=O)(=O)Nc2ccc(C(F)(F)F)cc2)sc1C(=O)O. The number of rotatable bonds is 4. The van der Waals surface area contributed by atoms with Gasteiger partial charge in [0.15, 0.2) is 0 Å². The zero-order chi connectivity index (χ0) is 17.4. The lowest BCUT2D eigenvalue weighted by Crippen LogP contribution is -2.12. The third-order valence-electron chi connectivity index (χ3n) is 2.82. The van der Waals surface area contributed by atoms with E-state index >= 15 is 0 Å². The molecule has 124 valence electrons. The summed E-state index contributed by atoms with van der Waals surface area (Å²) < 4.78 is 63.6. The summed E-state index contributed by atoms with van der Waals surface area (Å²) >= 11 is 0.571. The summed E-state index contributed by atoms with van der Waals surface area (Å²) in [5.41, 5.74) is -0.670. The van der Waals surface area contributed by atoms with E-state index < -0.39 is 27.7 Å². The van der Waals surface area contributed by atoms with E-state index in [1.165, 1.54) is 13.0 Å². The van der Waals surface area contributed by atoms with Crippen LogP contribution in [0.5, 0.6) is 0 Å². The zero-order valence-electron chi connectivity index (χ0n) is 11.5. The number of aryl methyl sites for hydroxylation is 1. The normalized spacial score (nSPS) is 12.2. The van der Waals surface area contributed by atoms with E-state index in [2.05, 4.69) is 4.72 Å². The van der Waals surface area contributed by atoms with Gasteiger partial charge in [0.25, 0.3) is 10.0 Å². The highest BCUT2D eigenvalue weighted by Crippen LogP contribution is 2.31. The fourth-order valence-corrected chi connectivity index (χ4v) is 4.17. The monoisotopic (exact) mass is 365 g/mol. The van der Waals surface area contributed by atoms with E-state index in [1.54, 1.807) is 0 Å². The quantitative estimate of drug-likeness (QED) is 0.868. The molecule has 5 nitrogen and oxygen atoms in total. The number of aromatic carboxylic acids is 1. The Kier molecular flexibility index (Phi) is 4.40. The van der Waals surface area contributed by atoms with Crippen molar-refractivity contribution in [3.8, 4) is 0 Å². The molecule has 0 aliphatic carbocycles. The summed E-state index contributed by atoms with van der Waals surface area (Å²) in [6.45, 7) is 1.46. The van der Waals surface area contributed by atoms with Gasteiger partial charge in [-0.2, -0.15) is 13.2 Å². The molecule has 0 atom stereocenters. The molecular weight excluding hydrogens is 355 g/mol. The van der Waals surface area contributed by atoms with Crippen LogP contribution in [0.1, 0.15) is 20.8 Å². The lowest BCUT2D eigenvalue weighted by molar-refractivity contribution is -0.137. The third kappa shape index (κ3) is 3.82. The Morgan fingerprint density at radius 3 is 2.22 bits per heavy atom. The number of hydrogen-bond donors (Lipinski definition) is 2. The van der Waals surface area contributed by atoms with Crippen molar-refractivity contribution < 1.29 is 31.5 Å². The predicted octanol–water partition coefficient (Wildman–Crippen LogP) is 3.57. The number of carbonyl (C=O) groups is 1. The van der Waals surface area contributed by atoms with Crippen molar-refractivity contribution in [2.45, 2.75) is 17.3 Å². The minimum atomic E-state index is -4.52. The average molecular weight is 365 g/mol. The molecule has 0 radical (unpaired) electrons. The highest BCUT2D eigenvalue weighted by atomic mass is 32.2. The second-order valence-electron chi connectivity index (χ2n) is 4.56. The van der Waals surface area contributed by atoms with Crippen LogP contribution in [0.2, 0.25) is 0 Å². The van der Waals surface area contributed by atoms with Gasteiger partial charge in [-0.3, -0.25) is 4.72 Å². The number of carboxylic acids is 1. The standard InChI is InChI=1S/C13H10F3NO4S2/c1-7-6-10(22-11(7)12(18)19)23(20,21)17-9-4-2-8(3-5-9)13(14,15)16/h2-6,17H,1H3,(H,18,19). The van der Waals surface area contributed by atoms with E-state index in [9.17, 15) is 26.4 Å². The Balaban J connectivity index is 2.28. The molecule has 2 N–H and O–H groups in total. The molecule has 0 spiro atoms. The number of anilines is 1. The van der Waals surface area contributed by atoms with Crippen molar-refractivity contribution in [1.82, 2.24) is 0 Å². The predicted molar refractivity (Wildman–Crippen MR) is 78.3 cm³/mol. The number of sulfonamides is 1. The summed E-state index contributed by atoms with van der Waals surface area (Å²) in [7, 11) is -4.07. The molecule has 0 bridgehead atoms. The number of carboxylic acid groups (broad SMARTS) is 1. The van der Waals surface area contributed by atoms with Gasteiger partial charge in [0.05, 0.1) is 5.56 Å². The molecule has 0 aliphatic heterocycles. The molecule has 2 aromatic rings. The Bertz CT molecular complexity index is 839. The Morgan fingerprint density at radius 2 is 1.78 bits per heavy atom. The van der Waals surface area contributed by atoms with Crippen molar-refractivity contribution in [3.63, 3.8) is 0 Å². The smallest absolute Gasteiger partial charge is 0.416 e. The summed E-state index contributed by atoms with van der Waals surface area (Å²) in [5, 5.41) is 8.93. The fraction of sp³-hybridized carbons (Fsp3) is 0.154. The lowest BCUT2D eigenvalue weighted by atomic mass is 10.2. The molecule has 0 aliphatic rings. The minimum Gasteiger partial charge on any atom is -0.477 e. The second kappa shape index (κ2) is 5.85. The number of nitrogens with one attached hydrogen (secondary N) is 1. The highest BCUT2D eigenvalue weighted by Gasteiger charge is 2.30. The van der Waals surface area contributed by atoms with Gasteiger partial charge >= 0.3 is 12.1 Å². The molecule has 23 heavy (non-hydrogen) atoms. The first-order valence-corrected chi connectivity index (χ1v) is 8.34. The van der Waals surface area contributed by atoms with Crippen molar-refractivity contribution in [2.24, 2.45) is 0 Å². The van der Waals surface area contributed by atoms with Crippen LogP contribution in [0, 0.1) is 6.92 Å². The van der Waals surface area contributed by atoms with Crippen LogP contribution in [-0.4, -0.2) is 19.5 Å². The molecule has 0 amide bonds. The van der Waals surface area contributed by atoms with E-state index in [-0.39, 0.29) is 20.3 Å². The van der Waals surface area contributed by atoms with E-state index in [4.69, 9.17) is 5.11 Å².